The van der Waals surface area contributed by atoms with Crippen LogP contribution in [0, 0.1) is 0 Å². The van der Waals surface area contributed by atoms with E-state index in [1.165, 1.54) is 11.8 Å². The van der Waals surface area contributed by atoms with Crippen LogP contribution in [0.2, 0.25) is 0 Å². The van der Waals surface area contributed by atoms with Crippen molar-refractivity contribution in [2.45, 2.75) is 55.9 Å². The van der Waals surface area contributed by atoms with Gasteiger partial charge in [0.25, 0.3) is 0 Å². The summed E-state index contributed by atoms with van der Waals surface area (Å²) in [5.41, 5.74) is 2.69. The molecule has 0 atom stereocenters. The number of pyridine rings is 2. The molecule has 1 amide bonds. The zero-order chi connectivity index (χ0) is 22.6. The van der Waals surface area contributed by atoms with Crippen LogP contribution in [0.1, 0.15) is 37.1 Å². The number of hydrogen-bond donors (Lipinski definition) is 3. The van der Waals surface area contributed by atoms with E-state index in [4.69, 9.17) is 4.74 Å². The van der Waals surface area contributed by atoms with E-state index in [1.807, 2.05) is 24.4 Å². The lowest BCUT2D eigenvalue weighted by Gasteiger charge is -2.30. The second kappa shape index (κ2) is 9.98. The van der Waals surface area contributed by atoms with Crippen LogP contribution in [0.25, 0.3) is 10.9 Å². The molecule has 10 heteroatoms. The molecule has 5 rings (SSSR count). The summed E-state index contributed by atoms with van der Waals surface area (Å²) in [7, 11) is 1.63. The van der Waals surface area contributed by atoms with Crippen LogP contribution < -0.4 is 20.7 Å². The first kappa shape index (κ1) is 22.0. The van der Waals surface area contributed by atoms with Gasteiger partial charge in [0.15, 0.2) is 5.82 Å². The molecule has 172 valence electrons. The van der Waals surface area contributed by atoms with Gasteiger partial charge in [-0.25, -0.2) is 15.0 Å². The summed E-state index contributed by atoms with van der Waals surface area (Å²) in [5, 5.41) is 11.9. The molecular formula is C23H27N7O2S. The molecule has 33 heavy (non-hydrogen) atoms. The maximum absolute atomic E-state index is 11.6. The van der Waals surface area contributed by atoms with Crippen molar-refractivity contribution < 1.29 is 9.53 Å². The standard InChI is InChI=1S/C23H27N7O2S/c1-32-20-7-2-14-8-9-24-18(21(14)30-20)12-26-16-5-3-15(4-6-16)25-10-17-11-27-23-22(28-17)29-19(31)13-33-23/h2,7-9,11,15-16,25-26H,3-6,10,12-13H2,1H3,(H,28,29,31). The van der Waals surface area contributed by atoms with Gasteiger partial charge in [-0.15, -0.1) is 0 Å². The molecule has 0 saturated heterocycles. The largest absolute Gasteiger partial charge is 0.481 e. The van der Waals surface area contributed by atoms with E-state index in [0.29, 0.717) is 42.6 Å². The van der Waals surface area contributed by atoms with Crippen LogP contribution in [-0.4, -0.2) is 50.8 Å². The molecule has 1 saturated carbocycles. The molecule has 0 bridgehead atoms. The van der Waals surface area contributed by atoms with Crippen LogP contribution in [-0.2, 0) is 17.9 Å². The molecular weight excluding hydrogens is 438 g/mol. The minimum absolute atomic E-state index is 0.0219. The number of hydrogen-bond acceptors (Lipinski definition) is 9. The number of rotatable bonds is 7. The third-order valence-electron chi connectivity index (χ3n) is 6.11. The van der Waals surface area contributed by atoms with Crippen molar-refractivity contribution in [1.29, 1.82) is 0 Å². The van der Waals surface area contributed by atoms with E-state index in [1.54, 1.807) is 13.3 Å². The second-order valence-corrected chi connectivity index (χ2v) is 9.31. The van der Waals surface area contributed by atoms with Gasteiger partial charge in [0.2, 0.25) is 11.8 Å². The highest BCUT2D eigenvalue weighted by atomic mass is 32.2. The number of fused-ring (bicyclic) bond motifs is 2. The van der Waals surface area contributed by atoms with Crippen LogP contribution in [0.15, 0.2) is 35.6 Å². The van der Waals surface area contributed by atoms with E-state index < -0.39 is 0 Å². The third-order valence-corrected chi connectivity index (χ3v) is 7.09. The second-order valence-electron chi connectivity index (χ2n) is 8.35. The van der Waals surface area contributed by atoms with E-state index in [2.05, 4.69) is 35.9 Å². The predicted octanol–water partition coefficient (Wildman–Crippen LogP) is 2.66. The highest BCUT2D eigenvalue weighted by Gasteiger charge is 2.22. The Balaban J connectivity index is 1.11. The number of ether oxygens (including phenoxy) is 1. The number of carbonyl (C=O) groups excluding carboxylic acids is 1. The van der Waals surface area contributed by atoms with Crippen LogP contribution in [0.5, 0.6) is 5.88 Å². The van der Waals surface area contributed by atoms with E-state index >= 15 is 0 Å². The highest BCUT2D eigenvalue weighted by Crippen LogP contribution is 2.27. The van der Waals surface area contributed by atoms with Crippen LogP contribution in [0.3, 0.4) is 0 Å². The summed E-state index contributed by atoms with van der Waals surface area (Å²) in [6, 6.07) is 6.77. The van der Waals surface area contributed by atoms with Crippen LogP contribution >= 0.6 is 11.8 Å². The van der Waals surface area contributed by atoms with Gasteiger partial charge in [-0.1, -0.05) is 11.8 Å². The molecule has 1 fully saturated rings. The van der Waals surface area contributed by atoms with Gasteiger partial charge in [-0.2, -0.15) is 0 Å². The number of amides is 1. The van der Waals surface area contributed by atoms with Crippen molar-refractivity contribution in [1.82, 2.24) is 30.6 Å². The SMILES string of the molecule is COc1ccc2ccnc(CNC3CCC(NCc4cnc5c(n4)NC(=O)CS5)CC3)c2n1. The number of nitrogens with zero attached hydrogens (tertiary/aromatic N) is 4. The van der Waals surface area contributed by atoms with E-state index in [9.17, 15) is 4.79 Å². The quantitative estimate of drug-likeness (QED) is 0.484. The van der Waals surface area contributed by atoms with Crippen molar-refractivity contribution in [3.63, 3.8) is 0 Å². The fourth-order valence-corrected chi connectivity index (χ4v) is 5.01. The molecule has 3 aromatic rings. The van der Waals surface area contributed by atoms with E-state index in [0.717, 1.165) is 53.0 Å². The van der Waals surface area contributed by atoms with Crippen LogP contribution in [0.4, 0.5) is 5.82 Å². The molecule has 4 heterocycles. The Kier molecular flexibility index (Phi) is 6.65. The summed E-state index contributed by atoms with van der Waals surface area (Å²) in [6.07, 6.45) is 8.02. The van der Waals surface area contributed by atoms with Gasteiger partial charge in [0.1, 0.15) is 5.03 Å². The summed E-state index contributed by atoms with van der Waals surface area (Å²) in [4.78, 5) is 29.7. The lowest BCUT2D eigenvalue weighted by molar-refractivity contribution is -0.113. The predicted molar refractivity (Wildman–Crippen MR) is 127 cm³/mol. The first-order chi connectivity index (χ1) is 16.2. The number of carbonyl (C=O) groups is 1. The average molecular weight is 466 g/mol. The zero-order valence-electron chi connectivity index (χ0n) is 18.5. The van der Waals surface area contributed by atoms with Crippen molar-refractivity contribution in [3.05, 3.63) is 42.0 Å². The van der Waals surface area contributed by atoms with E-state index in [-0.39, 0.29) is 5.91 Å². The molecule has 1 aliphatic carbocycles. The average Bonchev–Trinajstić information content (AvgIpc) is 2.86. The topological polar surface area (TPSA) is 114 Å². The normalized spacial score (nSPS) is 20.3. The van der Waals surface area contributed by atoms with Crippen molar-refractivity contribution in [2.75, 3.05) is 18.2 Å². The van der Waals surface area contributed by atoms with Crippen molar-refractivity contribution >= 4 is 34.4 Å². The molecule has 0 spiro atoms. The lowest BCUT2D eigenvalue weighted by atomic mass is 9.91. The van der Waals surface area contributed by atoms with Gasteiger partial charge in [0, 0.05) is 42.8 Å². The Bertz CT molecular complexity index is 1150. The third kappa shape index (κ3) is 5.23. The molecule has 0 aromatic carbocycles. The minimum Gasteiger partial charge on any atom is -0.481 e. The summed E-state index contributed by atoms with van der Waals surface area (Å²) < 4.78 is 5.28. The maximum Gasteiger partial charge on any atom is 0.236 e. The summed E-state index contributed by atoms with van der Waals surface area (Å²) >= 11 is 1.43. The first-order valence-electron chi connectivity index (χ1n) is 11.2. The molecule has 1 aliphatic heterocycles. The monoisotopic (exact) mass is 465 g/mol. The van der Waals surface area contributed by atoms with Gasteiger partial charge in [-0.3, -0.25) is 9.78 Å². The molecule has 2 aliphatic rings. The van der Waals surface area contributed by atoms with Gasteiger partial charge in [0.05, 0.1) is 36.0 Å². The van der Waals surface area contributed by atoms with Crippen molar-refractivity contribution in [2.24, 2.45) is 0 Å². The zero-order valence-corrected chi connectivity index (χ0v) is 19.3. The number of methoxy groups -OCH3 is 1. The smallest absolute Gasteiger partial charge is 0.236 e. The first-order valence-corrected chi connectivity index (χ1v) is 12.2. The number of anilines is 1. The Morgan fingerprint density at radius 3 is 2.64 bits per heavy atom. The number of thioether (sulfide) groups is 1. The Hall–Kier alpha value is -2.82. The summed E-state index contributed by atoms with van der Waals surface area (Å²) in [5.74, 6) is 1.56. The molecule has 3 N–H and O–H groups in total. The molecule has 0 unspecified atom stereocenters. The molecule has 9 nitrogen and oxygen atoms in total. The lowest BCUT2D eigenvalue weighted by Crippen LogP contribution is -2.39. The minimum atomic E-state index is -0.0219. The Morgan fingerprint density at radius 1 is 1.06 bits per heavy atom. The molecule has 0 radical (unpaired) electrons. The highest BCUT2D eigenvalue weighted by molar-refractivity contribution is 8.00. The number of nitrogens with one attached hydrogen (secondary N) is 3. The fraction of sp³-hybridized carbons (Fsp3) is 0.435. The maximum atomic E-state index is 11.6. The Morgan fingerprint density at radius 2 is 1.85 bits per heavy atom. The van der Waals surface area contributed by atoms with Gasteiger partial charge >= 0.3 is 0 Å². The Labute approximate surface area is 196 Å². The summed E-state index contributed by atoms with van der Waals surface area (Å²) in [6.45, 7) is 1.34. The molecule has 3 aromatic heterocycles. The van der Waals surface area contributed by atoms with Crippen molar-refractivity contribution in [3.8, 4) is 5.88 Å². The van der Waals surface area contributed by atoms with Gasteiger partial charge < -0.3 is 20.7 Å². The van der Waals surface area contributed by atoms with Gasteiger partial charge in [-0.05, 0) is 37.8 Å². The number of aromatic nitrogens is 4. The fourth-order valence-electron chi connectivity index (χ4n) is 4.31.